The van der Waals surface area contributed by atoms with Crippen molar-refractivity contribution < 1.29 is 28.7 Å². The Balaban J connectivity index is 1.44. The van der Waals surface area contributed by atoms with Crippen molar-refractivity contribution in [1.29, 1.82) is 0 Å². The quantitative estimate of drug-likeness (QED) is 0.199. The molecule has 1 atom stereocenters. The van der Waals surface area contributed by atoms with Gasteiger partial charge in [-0.15, -0.1) is 0 Å². The number of Topliss-reactive ketones (excluding diaryl/α,β-unsaturated/α-hetero) is 1. The zero-order valence-electron chi connectivity index (χ0n) is 19.8. The molecule has 7 nitrogen and oxygen atoms in total. The highest BCUT2D eigenvalue weighted by atomic mass is 16.5. The van der Waals surface area contributed by atoms with Crippen molar-refractivity contribution in [3.63, 3.8) is 0 Å². The van der Waals surface area contributed by atoms with Gasteiger partial charge in [-0.2, -0.15) is 0 Å². The first-order valence-electron chi connectivity index (χ1n) is 11.5. The molecule has 1 heterocycles. The van der Waals surface area contributed by atoms with Crippen molar-refractivity contribution in [2.45, 2.75) is 6.10 Å². The van der Waals surface area contributed by atoms with Crippen LogP contribution in [0.4, 0.5) is 5.69 Å². The summed E-state index contributed by atoms with van der Waals surface area (Å²) in [4.78, 5) is 53.6. The van der Waals surface area contributed by atoms with E-state index in [9.17, 15) is 19.2 Å². The van der Waals surface area contributed by atoms with Crippen molar-refractivity contribution in [2.75, 3.05) is 12.0 Å². The molecular formula is C30H21NO6. The second kappa shape index (κ2) is 9.91. The van der Waals surface area contributed by atoms with Gasteiger partial charge in [-0.05, 0) is 54.6 Å². The fourth-order valence-corrected chi connectivity index (χ4v) is 4.16. The molecule has 182 valence electrons. The van der Waals surface area contributed by atoms with Gasteiger partial charge in [0.25, 0.3) is 11.8 Å². The minimum absolute atomic E-state index is 0.0540. The minimum Gasteiger partial charge on any atom is -0.497 e. The van der Waals surface area contributed by atoms with Gasteiger partial charge < -0.3 is 9.47 Å². The Morgan fingerprint density at radius 2 is 1.30 bits per heavy atom. The summed E-state index contributed by atoms with van der Waals surface area (Å²) in [5.74, 6) is -1.62. The van der Waals surface area contributed by atoms with Gasteiger partial charge in [-0.1, -0.05) is 48.5 Å². The normalized spacial score (nSPS) is 13.2. The van der Waals surface area contributed by atoms with Gasteiger partial charge in [0.05, 0.1) is 29.5 Å². The van der Waals surface area contributed by atoms with Gasteiger partial charge >= 0.3 is 5.97 Å². The lowest BCUT2D eigenvalue weighted by molar-refractivity contribution is 0.0280. The van der Waals surface area contributed by atoms with Crippen LogP contribution in [0.3, 0.4) is 0 Å². The number of anilines is 1. The Morgan fingerprint density at radius 3 is 1.95 bits per heavy atom. The summed E-state index contributed by atoms with van der Waals surface area (Å²) in [5, 5.41) is 0. The molecule has 0 bridgehead atoms. The Labute approximate surface area is 212 Å². The summed E-state index contributed by atoms with van der Waals surface area (Å²) in [7, 11) is 1.53. The second-order valence-electron chi connectivity index (χ2n) is 8.33. The fourth-order valence-electron chi connectivity index (χ4n) is 4.16. The maximum atomic E-state index is 13.4. The topological polar surface area (TPSA) is 90.0 Å². The zero-order chi connectivity index (χ0) is 25.9. The molecule has 5 rings (SSSR count). The first kappa shape index (κ1) is 23.7. The molecular weight excluding hydrogens is 470 g/mol. The predicted molar refractivity (Wildman–Crippen MR) is 136 cm³/mol. The van der Waals surface area contributed by atoms with Gasteiger partial charge in [0, 0.05) is 11.1 Å². The Hall–Kier alpha value is -5.04. The number of benzene rings is 4. The molecule has 0 spiro atoms. The molecule has 0 fully saturated rings. The van der Waals surface area contributed by atoms with Crippen LogP contribution in [-0.4, -0.2) is 30.7 Å². The van der Waals surface area contributed by atoms with E-state index in [-0.39, 0.29) is 16.7 Å². The van der Waals surface area contributed by atoms with Crippen molar-refractivity contribution in [2.24, 2.45) is 0 Å². The monoisotopic (exact) mass is 491 g/mol. The van der Waals surface area contributed by atoms with Gasteiger partial charge in [-0.3, -0.25) is 14.4 Å². The van der Waals surface area contributed by atoms with Gasteiger partial charge in [-0.25, -0.2) is 9.69 Å². The van der Waals surface area contributed by atoms with E-state index in [0.29, 0.717) is 22.6 Å². The zero-order valence-corrected chi connectivity index (χ0v) is 19.8. The Kier molecular flexibility index (Phi) is 6.34. The molecule has 0 saturated heterocycles. The smallest absolute Gasteiger partial charge is 0.339 e. The number of ketones is 1. The van der Waals surface area contributed by atoms with Gasteiger partial charge in [0.1, 0.15) is 5.75 Å². The number of rotatable bonds is 7. The summed E-state index contributed by atoms with van der Waals surface area (Å²) in [6.45, 7) is 0. The Morgan fingerprint density at radius 1 is 0.703 bits per heavy atom. The van der Waals surface area contributed by atoms with Crippen LogP contribution in [0.15, 0.2) is 103 Å². The van der Waals surface area contributed by atoms with E-state index in [2.05, 4.69) is 0 Å². The second-order valence-corrected chi connectivity index (χ2v) is 8.33. The van der Waals surface area contributed by atoms with Crippen LogP contribution >= 0.6 is 0 Å². The number of methoxy groups -OCH3 is 1. The van der Waals surface area contributed by atoms with Crippen molar-refractivity contribution in [3.8, 4) is 5.75 Å². The highest BCUT2D eigenvalue weighted by molar-refractivity contribution is 6.34. The molecule has 1 aliphatic rings. The number of esters is 1. The number of para-hydroxylation sites is 1. The summed E-state index contributed by atoms with van der Waals surface area (Å²) in [6.07, 6.45) is -1.21. The molecule has 37 heavy (non-hydrogen) atoms. The van der Waals surface area contributed by atoms with Crippen LogP contribution in [0.1, 0.15) is 53.1 Å². The van der Waals surface area contributed by atoms with Crippen LogP contribution in [0.25, 0.3) is 0 Å². The Bertz CT molecular complexity index is 1500. The maximum absolute atomic E-state index is 13.4. The van der Waals surface area contributed by atoms with E-state index >= 15 is 0 Å². The van der Waals surface area contributed by atoms with Gasteiger partial charge in [0.15, 0.2) is 6.10 Å². The first-order chi connectivity index (χ1) is 18.0. The average Bonchev–Trinajstić information content (AvgIpc) is 3.21. The molecule has 7 heteroatoms. The van der Waals surface area contributed by atoms with E-state index in [4.69, 9.17) is 9.47 Å². The molecule has 0 saturated carbocycles. The average molecular weight is 491 g/mol. The molecule has 0 aliphatic carbocycles. The van der Waals surface area contributed by atoms with Crippen LogP contribution in [0.5, 0.6) is 5.75 Å². The highest BCUT2D eigenvalue weighted by Crippen LogP contribution is 2.30. The fraction of sp³-hybridized carbons (Fsp3) is 0.0667. The number of ether oxygens (including phenoxy) is 2. The summed E-state index contributed by atoms with van der Waals surface area (Å²) in [6, 6.07) is 27.9. The molecule has 4 aromatic rings. The standard InChI is InChI=1S/C30H21NO6/c1-36-23-15-12-19(13-16-23)26(32)27(20-8-4-2-5-9-20)37-30(35)21-14-17-24-25(18-21)29(34)31(28(24)33)22-10-6-3-7-11-22/h2-18,27H,1H3. The predicted octanol–water partition coefficient (Wildman–Crippen LogP) is 5.28. The van der Waals surface area contributed by atoms with Crippen molar-refractivity contribution in [1.82, 2.24) is 0 Å². The van der Waals surface area contributed by atoms with E-state index < -0.39 is 29.7 Å². The van der Waals surface area contributed by atoms with Gasteiger partial charge in [0.2, 0.25) is 5.78 Å². The number of carbonyl (C=O) groups is 4. The maximum Gasteiger partial charge on any atom is 0.339 e. The van der Waals surface area contributed by atoms with Crippen LogP contribution in [0, 0.1) is 0 Å². The van der Waals surface area contributed by atoms with Crippen LogP contribution in [-0.2, 0) is 4.74 Å². The molecule has 0 radical (unpaired) electrons. The number of amides is 2. The summed E-state index contributed by atoms with van der Waals surface area (Å²) >= 11 is 0. The number of hydrogen-bond donors (Lipinski definition) is 0. The molecule has 1 unspecified atom stereocenters. The van der Waals surface area contributed by atoms with Crippen molar-refractivity contribution >= 4 is 29.3 Å². The number of carbonyl (C=O) groups excluding carboxylic acids is 4. The molecule has 0 N–H and O–H groups in total. The van der Waals surface area contributed by atoms with Crippen molar-refractivity contribution in [3.05, 3.63) is 131 Å². The van der Waals surface area contributed by atoms with E-state index in [1.54, 1.807) is 84.9 Å². The molecule has 1 aliphatic heterocycles. The number of fused-ring (bicyclic) bond motifs is 1. The van der Waals surface area contributed by atoms with E-state index in [1.807, 2.05) is 0 Å². The first-order valence-corrected chi connectivity index (χ1v) is 11.5. The summed E-state index contributed by atoms with van der Waals surface area (Å²) < 4.78 is 10.9. The molecule has 4 aromatic carbocycles. The van der Waals surface area contributed by atoms with E-state index in [0.717, 1.165) is 4.90 Å². The third-order valence-corrected chi connectivity index (χ3v) is 6.08. The lowest BCUT2D eigenvalue weighted by atomic mass is 9.99. The van der Waals surface area contributed by atoms with Crippen LogP contribution in [0.2, 0.25) is 0 Å². The third kappa shape index (κ3) is 4.50. The number of nitrogens with zero attached hydrogens (tertiary/aromatic N) is 1. The summed E-state index contributed by atoms with van der Waals surface area (Å²) in [5.41, 5.74) is 1.63. The molecule has 2 amide bonds. The number of imide groups is 1. The molecule has 0 aromatic heterocycles. The lowest BCUT2D eigenvalue weighted by Crippen LogP contribution is -2.29. The number of hydrogen-bond acceptors (Lipinski definition) is 6. The SMILES string of the molecule is COc1ccc(C(=O)C(OC(=O)c2ccc3c(c2)C(=O)N(c2ccccc2)C3=O)c2ccccc2)cc1. The van der Waals surface area contributed by atoms with Crippen LogP contribution < -0.4 is 9.64 Å². The van der Waals surface area contributed by atoms with E-state index in [1.165, 1.54) is 25.3 Å². The highest BCUT2D eigenvalue weighted by Gasteiger charge is 2.37. The lowest BCUT2D eigenvalue weighted by Gasteiger charge is -2.18. The largest absolute Gasteiger partial charge is 0.497 e. The minimum atomic E-state index is -1.21. The third-order valence-electron chi connectivity index (χ3n) is 6.08.